The van der Waals surface area contributed by atoms with E-state index in [1.807, 2.05) is 0 Å². The second-order valence-corrected chi connectivity index (χ2v) is 14.2. The molecule has 2 amide bonds. The van der Waals surface area contributed by atoms with Gasteiger partial charge in [-0.25, -0.2) is 14.0 Å². The van der Waals surface area contributed by atoms with E-state index in [0.29, 0.717) is 4.90 Å². The van der Waals surface area contributed by atoms with Crippen LogP contribution in [0.25, 0.3) is 0 Å². The minimum atomic E-state index is -3.71. The van der Waals surface area contributed by atoms with E-state index in [1.165, 1.54) is 32.2 Å². The minimum absolute atomic E-state index is 0.0104. The van der Waals surface area contributed by atoms with Crippen molar-refractivity contribution in [2.75, 3.05) is 19.5 Å². The summed E-state index contributed by atoms with van der Waals surface area (Å²) in [6, 6.07) is 3.92. The van der Waals surface area contributed by atoms with Crippen molar-refractivity contribution in [3.8, 4) is 0 Å². The van der Waals surface area contributed by atoms with Gasteiger partial charge >= 0.3 is 12.2 Å². The number of nitrogens with zero attached hydrogens (tertiary/aromatic N) is 2. The van der Waals surface area contributed by atoms with Crippen molar-refractivity contribution < 1.29 is 37.3 Å². The summed E-state index contributed by atoms with van der Waals surface area (Å²) in [6.07, 6.45) is -1.92. The van der Waals surface area contributed by atoms with Crippen LogP contribution in [-0.4, -0.2) is 66.9 Å². The zero-order valence-corrected chi connectivity index (χ0v) is 23.4. The number of fused-ring (bicyclic) bond motifs is 2. The molecule has 2 bridgehead atoms. The Kier molecular flexibility index (Phi) is 7.41. The second kappa shape index (κ2) is 9.40. The van der Waals surface area contributed by atoms with Crippen LogP contribution >= 0.6 is 10.6 Å². The molecule has 0 radical (unpaired) electrons. The number of nitrogens with two attached hydrogens (primary N) is 1. The number of imide groups is 1. The van der Waals surface area contributed by atoms with Crippen LogP contribution in [0.2, 0.25) is 0 Å². The number of carbonyl (C=O) groups is 2. The number of hydrogen-bond acceptors (Lipinski definition) is 9. The van der Waals surface area contributed by atoms with E-state index in [9.17, 15) is 18.7 Å². The Hall–Kier alpha value is -2.41. The van der Waals surface area contributed by atoms with Crippen molar-refractivity contribution in [2.24, 2.45) is 4.99 Å². The summed E-state index contributed by atoms with van der Waals surface area (Å²) in [5, 5.41) is -0.936. The number of benzene rings is 1. The van der Waals surface area contributed by atoms with Crippen LogP contribution in [0, 0.1) is 5.82 Å². The summed E-state index contributed by atoms with van der Waals surface area (Å²) < 4.78 is 53.5. The van der Waals surface area contributed by atoms with Crippen molar-refractivity contribution in [2.45, 2.75) is 88.0 Å². The number of hydrogen-bond donors (Lipinski definition) is 3. The van der Waals surface area contributed by atoms with Crippen molar-refractivity contribution in [1.82, 2.24) is 4.90 Å². The van der Waals surface area contributed by atoms with E-state index in [0.717, 1.165) is 0 Å². The van der Waals surface area contributed by atoms with Crippen LogP contribution < -0.4 is 5.73 Å². The van der Waals surface area contributed by atoms with Gasteiger partial charge in [-0.3, -0.25) is 14.1 Å². The fraction of sp³-hybridized carbons (Fsp3) is 0.640. The Morgan fingerprint density at radius 1 is 1.16 bits per heavy atom. The molecule has 3 rings (SSSR count). The standard InChI is InChI=1S/C25H38FN3O7S/c1-22(2,3)35-20(30)29(21(31)36-23(4,5)6)19-25(14-34-8)12-11-18(37(25,32)33)24(7,28-19)16-13-15(27)9-10-17(16)26/h9-10,13,18,32-33H,11-12,14,27H2,1-8H3/t18-,24-,25-/m1/s1. The lowest BCUT2D eigenvalue weighted by atomic mass is 9.86. The number of ether oxygens (including phenoxy) is 3. The maximum atomic E-state index is 15.2. The molecular weight excluding hydrogens is 505 g/mol. The number of methoxy groups -OCH3 is 1. The normalized spacial score (nSPS) is 27.8. The molecule has 1 saturated heterocycles. The summed E-state index contributed by atoms with van der Waals surface area (Å²) in [5.74, 6) is -0.974. The average Bonchev–Trinajstić information content (AvgIpc) is 2.89. The summed E-state index contributed by atoms with van der Waals surface area (Å²) in [5.41, 5.74) is 2.59. The van der Waals surface area contributed by atoms with Gasteiger partial charge < -0.3 is 19.9 Å². The molecule has 1 fully saturated rings. The average molecular weight is 544 g/mol. The SMILES string of the molecule is COC[C@]12CC[C@H]([C@@](C)(c3cc(N)ccc3F)N=C1N(C(=O)OC(C)(C)C)C(=O)OC(C)(C)C)S2(O)O. The number of halogens is 1. The molecule has 1 aromatic rings. The van der Waals surface area contributed by atoms with Gasteiger partial charge in [0.2, 0.25) is 0 Å². The van der Waals surface area contributed by atoms with Gasteiger partial charge in [0.05, 0.1) is 11.9 Å². The number of aliphatic imine (C=N–C) groups is 1. The number of carbonyl (C=O) groups excluding carboxylic acids is 2. The van der Waals surface area contributed by atoms with Gasteiger partial charge in [-0.1, -0.05) is 0 Å². The van der Waals surface area contributed by atoms with Crippen molar-refractivity contribution in [3.63, 3.8) is 0 Å². The van der Waals surface area contributed by atoms with Crippen LogP contribution in [-0.2, 0) is 19.7 Å². The van der Waals surface area contributed by atoms with Gasteiger partial charge in [-0.2, -0.15) is 15.5 Å². The topological polar surface area (TPSA) is 144 Å². The lowest BCUT2D eigenvalue weighted by molar-refractivity contribution is 0.0134. The maximum absolute atomic E-state index is 15.2. The summed E-state index contributed by atoms with van der Waals surface area (Å²) in [4.78, 5) is 32.4. The number of amidine groups is 1. The third-order valence-corrected chi connectivity index (χ3v) is 9.57. The van der Waals surface area contributed by atoms with Crippen LogP contribution in [0.1, 0.15) is 66.9 Å². The first kappa shape index (κ1) is 29.2. The number of nitrogen functional groups attached to an aromatic ring is 1. The molecule has 208 valence electrons. The maximum Gasteiger partial charge on any atom is 0.425 e. The summed E-state index contributed by atoms with van der Waals surface area (Å²) in [6.45, 7) is 11.0. The Balaban J connectivity index is 2.36. The molecule has 0 saturated carbocycles. The molecule has 0 aliphatic carbocycles. The molecule has 0 spiro atoms. The predicted octanol–water partition coefficient (Wildman–Crippen LogP) is 5.51. The van der Waals surface area contributed by atoms with Crippen molar-refractivity contribution in [1.29, 1.82) is 0 Å². The van der Waals surface area contributed by atoms with E-state index < -0.39 is 55.3 Å². The first-order chi connectivity index (χ1) is 16.8. The molecule has 0 aromatic heterocycles. The molecule has 2 heterocycles. The molecule has 2 aliphatic rings. The zero-order valence-electron chi connectivity index (χ0n) is 22.6. The van der Waals surface area contributed by atoms with Gasteiger partial charge in [-0.05, 0) is 79.5 Å². The van der Waals surface area contributed by atoms with Crippen LogP contribution in [0.15, 0.2) is 23.2 Å². The third-order valence-electron chi connectivity index (χ3n) is 6.43. The summed E-state index contributed by atoms with van der Waals surface area (Å²) in [7, 11) is -2.34. The Morgan fingerprint density at radius 2 is 1.70 bits per heavy atom. The Morgan fingerprint density at radius 3 is 2.19 bits per heavy atom. The minimum Gasteiger partial charge on any atom is -0.443 e. The van der Waals surface area contributed by atoms with Crippen molar-refractivity contribution >= 4 is 34.3 Å². The van der Waals surface area contributed by atoms with Gasteiger partial charge in [0.1, 0.15) is 33.1 Å². The largest absolute Gasteiger partial charge is 0.443 e. The van der Waals surface area contributed by atoms with E-state index in [2.05, 4.69) is 0 Å². The monoisotopic (exact) mass is 543 g/mol. The van der Waals surface area contributed by atoms with Gasteiger partial charge in [-0.15, -0.1) is 0 Å². The zero-order chi connectivity index (χ0) is 28.2. The van der Waals surface area contributed by atoms with Gasteiger partial charge in [0, 0.05) is 18.4 Å². The highest BCUT2D eigenvalue weighted by Crippen LogP contribution is 2.72. The first-order valence-corrected chi connectivity index (χ1v) is 13.6. The van der Waals surface area contributed by atoms with E-state index in [1.54, 1.807) is 41.5 Å². The highest BCUT2D eigenvalue weighted by atomic mass is 32.3. The molecule has 2 aliphatic heterocycles. The lowest BCUT2D eigenvalue weighted by Gasteiger charge is -2.56. The number of amides is 2. The molecule has 12 heteroatoms. The van der Waals surface area contributed by atoms with Crippen LogP contribution in [0.5, 0.6) is 0 Å². The van der Waals surface area contributed by atoms with Crippen molar-refractivity contribution in [3.05, 3.63) is 29.6 Å². The second-order valence-electron chi connectivity index (χ2n) is 11.7. The fourth-order valence-electron chi connectivity index (χ4n) is 4.93. The first-order valence-electron chi connectivity index (χ1n) is 12.0. The summed E-state index contributed by atoms with van der Waals surface area (Å²) >= 11 is 0. The van der Waals surface area contributed by atoms with E-state index >= 15 is 4.39 Å². The number of anilines is 1. The predicted molar refractivity (Wildman–Crippen MR) is 140 cm³/mol. The van der Waals surface area contributed by atoms with Gasteiger partial charge in [0.15, 0.2) is 0 Å². The van der Waals surface area contributed by atoms with E-state index in [-0.39, 0.29) is 36.5 Å². The molecule has 4 N–H and O–H groups in total. The highest BCUT2D eigenvalue weighted by Gasteiger charge is 2.68. The fourth-order valence-corrected chi connectivity index (χ4v) is 7.86. The van der Waals surface area contributed by atoms with Crippen LogP contribution in [0.4, 0.5) is 19.7 Å². The Bertz CT molecular complexity index is 1090. The third kappa shape index (κ3) is 5.16. The molecule has 3 atom stereocenters. The quantitative estimate of drug-likeness (QED) is 0.424. The lowest BCUT2D eigenvalue weighted by Crippen LogP contribution is -2.62. The molecule has 10 nitrogen and oxygen atoms in total. The Labute approximate surface area is 218 Å². The molecule has 0 unspecified atom stereocenters. The molecule has 1 aromatic carbocycles. The van der Waals surface area contributed by atoms with Gasteiger partial charge in [0.25, 0.3) is 0 Å². The molecule has 37 heavy (non-hydrogen) atoms. The van der Waals surface area contributed by atoms with Crippen LogP contribution in [0.3, 0.4) is 0 Å². The smallest absolute Gasteiger partial charge is 0.425 e. The highest BCUT2D eigenvalue weighted by molar-refractivity contribution is 8.26. The number of rotatable bonds is 3. The van der Waals surface area contributed by atoms with E-state index in [4.69, 9.17) is 24.9 Å². The molecular formula is C25H38FN3O7S.